The SMILES string of the molecule is CC(C)c1nc(C(=O)N(Cc2ccncc2)CC2CCCO2)cs1. The third-order valence-electron chi connectivity index (χ3n) is 4.09. The van der Waals surface area contributed by atoms with Crippen molar-refractivity contribution in [2.45, 2.75) is 45.3 Å². The van der Waals surface area contributed by atoms with Gasteiger partial charge in [0.25, 0.3) is 5.91 Å². The van der Waals surface area contributed by atoms with Crippen LogP contribution >= 0.6 is 11.3 Å². The number of carbonyl (C=O) groups excluding carboxylic acids is 1. The molecule has 128 valence electrons. The number of aromatic nitrogens is 2. The maximum absolute atomic E-state index is 13.0. The largest absolute Gasteiger partial charge is 0.376 e. The molecule has 3 rings (SSSR count). The molecule has 24 heavy (non-hydrogen) atoms. The summed E-state index contributed by atoms with van der Waals surface area (Å²) in [6.45, 7) is 6.13. The molecule has 1 aliphatic heterocycles. The lowest BCUT2D eigenvalue weighted by Gasteiger charge is -2.25. The lowest BCUT2D eigenvalue weighted by Crippen LogP contribution is -2.37. The fourth-order valence-electron chi connectivity index (χ4n) is 2.78. The van der Waals surface area contributed by atoms with Crippen molar-refractivity contribution in [2.75, 3.05) is 13.2 Å². The zero-order chi connectivity index (χ0) is 16.9. The van der Waals surface area contributed by atoms with Crippen LogP contribution in [0.3, 0.4) is 0 Å². The molecule has 1 amide bonds. The minimum absolute atomic E-state index is 0.0227. The zero-order valence-corrected chi connectivity index (χ0v) is 15.0. The number of nitrogens with zero attached hydrogens (tertiary/aromatic N) is 3. The van der Waals surface area contributed by atoms with Gasteiger partial charge in [-0.2, -0.15) is 0 Å². The highest BCUT2D eigenvalue weighted by atomic mass is 32.1. The second kappa shape index (κ2) is 7.85. The molecule has 6 heteroatoms. The van der Waals surface area contributed by atoms with Gasteiger partial charge in [0.15, 0.2) is 0 Å². The van der Waals surface area contributed by atoms with E-state index in [2.05, 4.69) is 23.8 Å². The Kier molecular flexibility index (Phi) is 5.58. The predicted octanol–water partition coefficient (Wildman–Crippen LogP) is 3.48. The quantitative estimate of drug-likeness (QED) is 0.804. The molecule has 0 bridgehead atoms. The minimum atomic E-state index is -0.0227. The number of hydrogen-bond donors (Lipinski definition) is 0. The molecule has 1 atom stereocenters. The van der Waals surface area contributed by atoms with Crippen molar-refractivity contribution < 1.29 is 9.53 Å². The van der Waals surface area contributed by atoms with Crippen LogP contribution in [-0.2, 0) is 11.3 Å². The summed E-state index contributed by atoms with van der Waals surface area (Å²) in [5, 5.41) is 2.87. The first-order valence-electron chi connectivity index (χ1n) is 8.38. The second-order valence-electron chi connectivity index (χ2n) is 6.40. The van der Waals surface area contributed by atoms with Crippen LogP contribution < -0.4 is 0 Å². The maximum atomic E-state index is 13.0. The van der Waals surface area contributed by atoms with E-state index in [0.29, 0.717) is 24.7 Å². The average molecular weight is 345 g/mol. The van der Waals surface area contributed by atoms with Gasteiger partial charge in [-0.15, -0.1) is 11.3 Å². The molecule has 3 heterocycles. The molecule has 0 spiro atoms. The average Bonchev–Trinajstić information content (AvgIpc) is 3.26. The van der Waals surface area contributed by atoms with Crippen LogP contribution in [-0.4, -0.2) is 40.0 Å². The van der Waals surface area contributed by atoms with Gasteiger partial charge in [-0.1, -0.05) is 13.8 Å². The Bertz CT molecular complexity index is 666. The molecule has 0 aliphatic carbocycles. The van der Waals surface area contributed by atoms with E-state index in [9.17, 15) is 4.79 Å². The number of thiazole rings is 1. The van der Waals surface area contributed by atoms with Crippen molar-refractivity contribution in [1.82, 2.24) is 14.9 Å². The summed E-state index contributed by atoms with van der Waals surface area (Å²) in [7, 11) is 0. The third-order valence-corrected chi connectivity index (χ3v) is 5.24. The molecule has 0 radical (unpaired) electrons. The third kappa shape index (κ3) is 4.19. The van der Waals surface area contributed by atoms with Crippen LogP contribution in [0.2, 0.25) is 0 Å². The molecular formula is C18H23N3O2S. The Morgan fingerprint density at radius 1 is 1.42 bits per heavy atom. The highest BCUT2D eigenvalue weighted by molar-refractivity contribution is 7.09. The lowest BCUT2D eigenvalue weighted by molar-refractivity contribution is 0.0503. The van der Waals surface area contributed by atoms with Gasteiger partial charge in [0.1, 0.15) is 5.69 Å². The molecule has 1 fully saturated rings. The highest BCUT2D eigenvalue weighted by Gasteiger charge is 2.25. The number of amides is 1. The van der Waals surface area contributed by atoms with Crippen molar-refractivity contribution in [3.8, 4) is 0 Å². The monoisotopic (exact) mass is 345 g/mol. The van der Waals surface area contributed by atoms with E-state index < -0.39 is 0 Å². The number of pyridine rings is 1. The molecule has 2 aromatic rings. The number of carbonyl (C=O) groups is 1. The van der Waals surface area contributed by atoms with Crippen LogP contribution in [0.5, 0.6) is 0 Å². The van der Waals surface area contributed by atoms with E-state index in [1.54, 1.807) is 23.7 Å². The van der Waals surface area contributed by atoms with Gasteiger partial charge in [-0.3, -0.25) is 9.78 Å². The zero-order valence-electron chi connectivity index (χ0n) is 14.1. The summed E-state index contributed by atoms with van der Waals surface area (Å²) in [6, 6.07) is 3.88. The van der Waals surface area contributed by atoms with Crippen LogP contribution in [0, 0.1) is 0 Å². The maximum Gasteiger partial charge on any atom is 0.273 e. The van der Waals surface area contributed by atoms with Crippen molar-refractivity contribution >= 4 is 17.2 Å². The Balaban J connectivity index is 1.77. The molecule has 5 nitrogen and oxygen atoms in total. The van der Waals surface area contributed by atoms with Gasteiger partial charge in [-0.05, 0) is 30.5 Å². The Labute approximate surface area is 146 Å². The Morgan fingerprint density at radius 3 is 2.83 bits per heavy atom. The Morgan fingerprint density at radius 2 is 2.21 bits per heavy atom. The molecule has 2 aromatic heterocycles. The van der Waals surface area contributed by atoms with Crippen LogP contribution in [0.25, 0.3) is 0 Å². The molecule has 1 unspecified atom stereocenters. The summed E-state index contributed by atoms with van der Waals surface area (Å²) >= 11 is 1.55. The number of ether oxygens (including phenoxy) is 1. The van der Waals surface area contributed by atoms with Gasteiger partial charge in [0.2, 0.25) is 0 Å². The first kappa shape index (κ1) is 17.0. The highest BCUT2D eigenvalue weighted by Crippen LogP contribution is 2.22. The molecule has 0 saturated carbocycles. The van der Waals surface area contributed by atoms with E-state index in [1.165, 1.54) is 0 Å². The molecule has 0 aromatic carbocycles. The van der Waals surface area contributed by atoms with E-state index in [4.69, 9.17) is 4.74 Å². The standard InChI is InChI=1S/C18H23N3O2S/c1-13(2)17-20-16(12-24-17)18(22)21(11-15-4-3-9-23-15)10-14-5-7-19-8-6-14/h5-8,12-13,15H,3-4,9-11H2,1-2H3. The fraction of sp³-hybridized carbons (Fsp3) is 0.500. The van der Waals surface area contributed by atoms with Gasteiger partial charge in [0, 0.05) is 43.4 Å². The predicted molar refractivity (Wildman–Crippen MR) is 94.2 cm³/mol. The second-order valence-corrected chi connectivity index (χ2v) is 7.29. The van der Waals surface area contributed by atoms with Crippen molar-refractivity contribution in [3.05, 3.63) is 46.2 Å². The number of rotatable bonds is 6. The topological polar surface area (TPSA) is 55.3 Å². The summed E-state index contributed by atoms with van der Waals surface area (Å²) < 4.78 is 5.73. The van der Waals surface area contributed by atoms with Gasteiger partial charge >= 0.3 is 0 Å². The number of hydrogen-bond acceptors (Lipinski definition) is 5. The summed E-state index contributed by atoms with van der Waals surface area (Å²) in [4.78, 5) is 23.4. The first-order valence-corrected chi connectivity index (χ1v) is 9.26. The lowest BCUT2D eigenvalue weighted by atomic mass is 10.2. The molecule has 1 saturated heterocycles. The summed E-state index contributed by atoms with van der Waals surface area (Å²) in [5.74, 6) is 0.314. The first-order chi connectivity index (χ1) is 11.6. The fourth-order valence-corrected chi connectivity index (χ4v) is 3.58. The normalized spacial score (nSPS) is 17.4. The molecule has 1 aliphatic rings. The van der Waals surface area contributed by atoms with E-state index in [0.717, 1.165) is 30.0 Å². The summed E-state index contributed by atoms with van der Waals surface area (Å²) in [5.41, 5.74) is 1.60. The summed E-state index contributed by atoms with van der Waals surface area (Å²) in [6.07, 6.45) is 5.71. The van der Waals surface area contributed by atoms with E-state index in [1.807, 2.05) is 22.4 Å². The van der Waals surface area contributed by atoms with E-state index in [-0.39, 0.29) is 12.0 Å². The van der Waals surface area contributed by atoms with Crippen LogP contribution in [0.15, 0.2) is 29.9 Å². The van der Waals surface area contributed by atoms with Crippen molar-refractivity contribution in [2.24, 2.45) is 0 Å². The van der Waals surface area contributed by atoms with E-state index >= 15 is 0 Å². The molecular weight excluding hydrogens is 322 g/mol. The van der Waals surface area contributed by atoms with Gasteiger partial charge in [-0.25, -0.2) is 4.98 Å². The Hall–Kier alpha value is -1.79. The van der Waals surface area contributed by atoms with Crippen LogP contribution in [0.1, 0.15) is 53.7 Å². The molecule has 0 N–H and O–H groups in total. The smallest absolute Gasteiger partial charge is 0.273 e. The van der Waals surface area contributed by atoms with Gasteiger partial charge in [0.05, 0.1) is 11.1 Å². The van der Waals surface area contributed by atoms with Crippen LogP contribution in [0.4, 0.5) is 0 Å². The van der Waals surface area contributed by atoms with Crippen molar-refractivity contribution in [3.63, 3.8) is 0 Å². The van der Waals surface area contributed by atoms with Crippen molar-refractivity contribution in [1.29, 1.82) is 0 Å². The van der Waals surface area contributed by atoms with Gasteiger partial charge < -0.3 is 9.64 Å². The minimum Gasteiger partial charge on any atom is -0.376 e.